The first-order valence-electron chi connectivity index (χ1n) is 5.38. The average molecular weight is 453 g/mol. The second kappa shape index (κ2) is 6.45. The van der Waals surface area contributed by atoms with E-state index < -0.39 is 6.04 Å². The van der Waals surface area contributed by atoms with Crippen LogP contribution in [0.4, 0.5) is 4.39 Å². The number of halogens is 4. The van der Waals surface area contributed by atoms with Crippen molar-refractivity contribution in [3.05, 3.63) is 66.8 Å². The zero-order valence-corrected chi connectivity index (χ0v) is 14.4. The summed E-state index contributed by atoms with van der Waals surface area (Å²) in [6, 6.07) is 10.1. The number of benzene rings is 2. The number of hydrogen-bond donors (Lipinski definition) is 2. The summed E-state index contributed by atoms with van der Waals surface area (Å²) >= 11 is 10.2. The minimum Gasteiger partial charge on any atom is -0.271 e. The van der Waals surface area contributed by atoms with Gasteiger partial charge in [-0.3, -0.25) is 5.84 Å². The summed E-state index contributed by atoms with van der Waals surface area (Å²) in [5.74, 6) is 5.29. The van der Waals surface area contributed by atoms with Crippen LogP contribution in [-0.4, -0.2) is 0 Å². The predicted molar refractivity (Wildman–Crippen MR) is 85.1 cm³/mol. The molecule has 2 aromatic rings. The highest BCUT2D eigenvalue weighted by molar-refractivity contribution is 9.11. The van der Waals surface area contributed by atoms with Crippen LogP contribution in [-0.2, 0) is 0 Å². The van der Waals surface area contributed by atoms with E-state index >= 15 is 0 Å². The maximum atomic E-state index is 14.0. The van der Waals surface area contributed by atoms with Crippen molar-refractivity contribution in [3.63, 3.8) is 0 Å². The molecule has 0 spiro atoms. The molecule has 0 saturated heterocycles. The molecule has 0 aromatic heterocycles. The van der Waals surface area contributed by atoms with Gasteiger partial charge in [0.15, 0.2) is 0 Å². The molecule has 1 unspecified atom stereocenters. The van der Waals surface area contributed by atoms with Crippen molar-refractivity contribution in [2.45, 2.75) is 6.04 Å². The summed E-state index contributed by atoms with van der Waals surface area (Å²) in [4.78, 5) is 0. The highest BCUT2D eigenvalue weighted by atomic mass is 79.9. The van der Waals surface area contributed by atoms with E-state index in [1.807, 2.05) is 18.2 Å². The first-order chi connectivity index (χ1) is 9.01. The molecule has 2 nitrogen and oxygen atoms in total. The van der Waals surface area contributed by atoms with E-state index in [1.165, 1.54) is 6.07 Å². The van der Waals surface area contributed by atoms with E-state index in [2.05, 4.69) is 53.2 Å². The fraction of sp³-hybridized carbons (Fsp3) is 0.0769. The Balaban J connectivity index is 2.52. The normalized spacial score (nSPS) is 12.5. The zero-order valence-electron chi connectivity index (χ0n) is 9.63. The molecule has 100 valence electrons. The minimum absolute atomic E-state index is 0.303. The summed E-state index contributed by atoms with van der Waals surface area (Å²) in [7, 11) is 0. The fourth-order valence-corrected chi connectivity index (χ4v) is 3.55. The largest absolute Gasteiger partial charge is 0.271 e. The maximum Gasteiger partial charge on any atom is 0.128 e. The summed E-state index contributed by atoms with van der Waals surface area (Å²) < 4.78 is 16.5. The number of hydrazine groups is 1. The Morgan fingerprint density at radius 3 is 2.16 bits per heavy atom. The third-order valence-corrected chi connectivity index (χ3v) is 4.06. The molecule has 0 radical (unpaired) electrons. The lowest BCUT2D eigenvalue weighted by atomic mass is 9.99. The van der Waals surface area contributed by atoms with E-state index in [4.69, 9.17) is 5.84 Å². The van der Waals surface area contributed by atoms with Gasteiger partial charge in [-0.05, 0) is 42.0 Å². The second-order valence-electron chi connectivity index (χ2n) is 3.97. The molecule has 3 N–H and O–H groups in total. The van der Waals surface area contributed by atoms with Crippen molar-refractivity contribution in [2.75, 3.05) is 0 Å². The van der Waals surface area contributed by atoms with Crippen molar-refractivity contribution < 1.29 is 4.39 Å². The Hall–Kier alpha value is -0.270. The average Bonchev–Trinajstić information content (AvgIpc) is 2.33. The van der Waals surface area contributed by atoms with Gasteiger partial charge in [0.25, 0.3) is 0 Å². The third kappa shape index (κ3) is 3.64. The lowest BCUT2D eigenvalue weighted by Gasteiger charge is -2.18. The first kappa shape index (κ1) is 15.1. The van der Waals surface area contributed by atoms with Crippen LogP contribution < -0.4 is 11.3 Å². The first-order valence-corrected chi connectivity index (χ1v) is 7.76. The van der Waals surface area contributed by atoms with Gasteiger partial charge in [-0.2, -0.15) is 0 Å². The van der Waals surface area contributed by atoms with Crippen molar-refractivity contribution in [3.8, 4) is 0 Å². The third-order valence-electron chi connectivity index (χ3n) is 2.65. The van der Waals surface area contributed by atoms with Gasteiger partial charge in [0.1, 0.15) is 5.82 Å². The molecular weight excluding hydrogens is 443 g/mol. The van der Waals surface area contributed by atoms with Gasteiger partial charge in [0.05, 0.1) is 6.04 Å². The van der Waals surface area contributed by atoms with Crippen molar-refractivity contribution >= 4 is 47.8 Å². The van der Waals surface area contributed by atoms with Crippen LogP contribution in [0.2, 0.25) is 0 Å². The molecule has 0 heterocycles. The van der Waals surface area contributed by atoms with E-state index in [0.717, 1.165) is 19.0 Å². The van der Waals surface area contributed by atoms with E-state index in [-0.39, 0.29) is 5.82 Å². The maximum absolute atomic E-state index is 14.0. The second-order valence-corrected chi connectivity index (χ2v) is 6.72. The zero-order chi connectivity index (χ0) is 14.0. The molecule has 0 aliphatic heterocycles. The molecule has 2 rings (SSSR count). The van der Waals surface area contributed by atoms with Gasteiger partial charge in [0, 0.05) is 19.0 Å². The van der Waals surface area contributed by atoms with Crippen LogP contribution in [0.15, 0.2) is 49.8 Å². The van der Waals surface area contributed by atoms with Crippen molar-refractivity contribution in [2.24, 2.45) is 5.84 Å². The van der Waals surface area contributed by atoms with Crippen LogP contribution in [0, 0.1) is 5.82 Å². The quantitative estimate of drug-likeness (QED) is 0.525. The molecular formula is C13H10Br3FN2. The van der Waals surface area contributed by atoms with Crippen molar-refractivity contribution in [1.29, 1.82) is 0 Å². The Morgan fingerprint density at radius 2 is 1.58 bits per heavy atom. The smallest absolute Gasteiger partial charge is 0.128 e. The molecule has 0 amide bonds. The SMILES string of the molecule is NNC(c1cc(Br)cc(Br)c1)c1cc(Br)ccc1F. The highest BCUT2D eigenvalue weighted by Gasteiger charge is 2.17. The lowest BCUT2D eigenvalue weighted by molar-refractivity contribution is 0.559. The lowest BCUT2D eigenvalue weighted by Crippen LogP contribution is -2.29. The summed E-state index contributed by atoms with van der Waals surface area (Å²) in [5, 5.41) is 0. The summed E-state index contributed by atoms with van der Waals surface area (Å²) in [6.45, 7) is 0. The molecule has 2 aromatic carbocycles. The molecule has 0 bridgehead atoms. The molecule has 6 heteroatoms. The van der Waals surface area contributed by atoms with E-state index in [9.17, 15) is 4.39 Å². The minimum atomic E-state index is -0.425. The Kier molecular flexibility index (Phi) is 5.14. The van der Waals surface area contributed by atoms with Gasteiger partial charge in [0.2, 0.25) is 0 Å². The standard InChI is InChI=1S/C13H10Br3FN2/c14-8-1-2-12(17)11(6-8)13(19-18)7-3-9(15)5-10(16)4-7/h1-6,13,19H,18H2. The summed E-state index contributed by atoms with van der Waals surface area (Å²) in [5.41, 5.74) is 4.00. The number of rotatable bonds is 3. The topological polar surface area (TPSA) is 38.0 Å². The summed E-state index contributed by atoms with van der Waals surface area (Å²) in [6.07, 6.45) is 0. The molecule has 1 atom stereocenters. The van der Waals surface area contributed by atoms with Crippen LogP contribution >= 0.6 is 47.8 Å². The highest BCUT2D eigenvalue weighted by Crippen LogP contribution is 2.30. The predicted octanol–water partition coefficient (Wildman–Crippen LogP) is 4.67. The molecule has 0 fully saturated rings. The van der Waals surface area contributed by atoms with E-state index in [1.54, 1.807) is 12.1 Å². The van der Waals surface area contributed by atoms with E-state index in [0.29, 0.717) is 5.56 Å². The van der Waals surface area contributed by atoms with Crippen LogP contribution in [0.25, 0.3) is 0 Å². The molecule has 0 saturated carbocycles. The van der Waals surface area contributed by atoms with Crippen molar-refractivity contribution in [1.82, 2.24) is 5.43 Å². The van der Waals surface area contributed by atoms with Gasteiger partial charge < -0.3 is 0 Å². The van der Waals surface area contributed by atoms with Crippen LogP contribution in [0.1, 0.15) is 17.2 Å². The molecule has 0 aliphatic rings. The van der Waals surface area contributed by atoms with Crippen LogP contribution in [0.5, 0.6) is 0 Å². The monoisotopic (exact) mass is 450 g/mol. The Morgan fingerprint density at radius 1 is 0.947 bits per heavy atom. The number of hydrogen-bond acceptors (Lipinski definition) is 2. The fourth-order valence-electron chi connectivity index (χ4n) is 1.84. The Bertz CT molecular complexity index is 584. The molecule has 0 aliphatic carbocycles. The number of nitrogens with one attached hydrogen (secondary N) is 1. The van der Waals surface area contributed by atoms with Gasteiger partial charge in [-0.15, -0.1) is 0 Å². The van der Waals surface area contributed by atoms with Gasteiger partial charge in [-0.1, -0.05) is 47.8 Å². The number of nitrogens with two attached hydrogens (primary N) is 1. The Labute approximate surface area is 135 Å². The van der Waals surface area contributed by atoms with Crippen LogP contribution in [0.3, 0.4) is 0 Å². The van der Waals surface area contributed by atoms with Gasteiger partial charge >= 0.3 is 0 Å². The van der Waals surface area contributed by atoms with Gasteiger partial charge in [-0.25, -0.2) is 9.82 Å². The molecule has 19 heavy (non-hydrogen) atoms.